The van der Waals surface area contributed by atoms with Crippen molar-refractivity contribution < 1.29 is 5.11 Å². The summed E-state index contributed by atoms with van der Waals surface area (Å²) < 4.78 is 0. The number of anilines is 1. The van der Waals surface area contributed by atoms with E-state index in [4.69, 9.17) is 4.98 Å². The highest BCUT2D eigenvalue weighted by atomic mass is 16.3. The van der Waals surface area contributed by atoms with Gasteiger partial charge in [-0.2, -0.15) is 5.26 Å². The van der Waals surface area contributed by atoms with Gasteiger partial charge in [-0.15, -0.1) is 0 Å². The van der Waals surface area contributed by atoms with Gasteiger partial charge in [0, 0.05) is 55.9 Å². The molecule has 0 spiro atoms. The van der Waals surface area contributed by atoms with Crippen LogP contribution in [-0.4, -0.2) is 57.2 Å². The number of nitriles is 1. The Morgan fingerprint density at radius 2 is 2.03 bits per heavy atom. The van der Waals surface area contributed by atoms with Gasteiger partial charge in [0.1, 0.15) is 18.2 Å². The minimum atomic E-state index is 0.124. The van der Waals surface area contributed by atoms with Crippen LogP contribution in [0.5, 0.6) is 0 Å². The monoisotopic (exact) mass is 442 g/mol. The zero-order valence-corrected chi connectivity index (χ0v) is 19.0. The van der Waals surface area contributed by atoms with Crippen molar-refractivity contribution in [3.05, 3.63) is 54.3 Å². The third-order valence-electron chi connectivity index (χ3n) is 6.98. The lowest BCUT2D eigenvalue weighted by Crippen LogP contribution is -2.54. The lowest BCUT2D eigenvalue weighted by atomic mass is 10.0. The second-order valence-corrected chi connectivity index (χ2v) is 9.29. The Kier molecular flexibility index (Phi) is 5.86. The smallest absolute Gasteiger partial charge is 0.147 e. The number of rotatable bonds is 8. The number of hydrogen-bond donors (Lipinski definition) is 1. The highest BCUT2D eigenvalue weighted by Crippen LogP contribution is 2.45. The summed E-state index contributed by atoms with van der Waals surface area (Å²) in [4.78, 5) is 18.5. The molecule has 33 heavy (non-hydrogen) atoms. The average molecular weight is 443 g/mol. The highest BCUT2D eigenvalue weighted by molar-refractivity contribution is 5.71. The molecule has 5 rings (SSSR count). The third-order valence-corrected chi connectivity index (χ3v) is 6.98. The first-order valence-electron chi connectivity index (χ1n) is 11.8. The van der Waals surface area contributed by atoms with E-state index in [0.717, 1.165) is 66.6 Å². The normalized spacial score (nSPS) is 20.4. The number of aromatic nitrogens is 3. The minimum absolute atomic E-state index is 0.124. The highest BCUT2D eigenvalue weighted by Gasteiger charge is 2.40. The quantitative estimate of drug-likeness (QED) is 0.666. The van der Waals surface area contributed by atoms with Gasteiger partial charge in [-0.05, 0) is 49.8 Å². The molecule has 2 aliphatic carbocycles. The van der Waals surface area contributed by atoms with Crippen molar-refractivity contribution in [2.45, 2.75) is 44.1 Å². The maximum absolute atomic E-state index is 10.0. The molecule has 1 aliphatic heterocycles. The second kappa shape index (κ2) is 8.95. The van der Waals surface area contributed by atoms with E-state index in [9.17, 15) is 10.4 Å². The zero-order chi connectivity index (χ0) is 22.9. The summed E-state index contributed by atoms with van der Waals surface area (Å²) in [5.41, 5.74) is 5.11. The Balaban J connectivity index is 1.50. The van der Waals surface area contributed by atoms with Crippen molar-refractivity contribution in [1.82, 2.24) is 19.9 Å². The van der Waals surface area contributed by atoms with E-state index in [1.54, 1.807) is 12.4 Å². The van der Waals surface area contributed by atoms with E-state index in [2.05, 4.69) is 39.0 Å². The molecule has 1 N–H and O–H groups in total. The molecule has 1 unspecified atom stereocenters. The van der Waals surface area contributed by atoms with Crippen molar-refractivity contribution >= 4 is 11.9 Å². The summed E-state index contributed by atoms with van der Waals surface area (Å²) in [5, 5.41) is 19.4. The number of aliphatic hydroxyl groups is 1. The average Bonchev–Trinajstić information content (AvgIpc) is 3.76. The molecular weight excluding hydrogens is 412 g/mol. The van der Waals surface area contributed by atoms with Gasteiger partial charge in [-0.25, -0.2) is 15.0 Å². The predicted molar refractivity (Wildman–Crippen MR) is 128 cm³/mol. The Morgan fingerprint density at radius 3 is 2.70 bits per heavy atom. The fourth-order valence-electron chi connectivity index (χ4n) is 4.90. The molecule has 2 aromatic heterocycles. The van der Waals surface area contributed by atoms with Crippen molar-refractivity contribution in [3.63, 3.8) is 0 Å². The predicted octanol–water partition coefficient (Wildman–Crippen LogP) is 3.73. The van der Waals surface area contributed by atoms with Crippen LogP contribution in [0, 0.1) is 17.2 Å². The number of aliphatic hydroxyl groups excluding tert-OH is 1. The molecule has 0 radical (unpaired) electrons. The third kappa shape index (κ3) is 4.36. The number of pyridine rings is 1. The van der Waals surface area contributed by atoms with E-state index in [1.807, 2.05) is 12.1 Å². The molecule has 3 fully saturated rings. The fraction of sp³-hybridized carbons (Fsp3) is 0.462. The molecule has 2 aromatic rings. The first-order chi connectivity index (χ1) is 16.1. The molecule has 7 nitrogen and oxygen atoms in total. The Hall–Kier alpha value is -3.24. The Bertz CT molecular complexity index is 1110. The van der Waals surface area contributed by atoms with Gasteiger partial charge in [0.15, 0.2) is 0 Å². The fourth-order valence-corrected chi connectivity index (χ4v) is 4.90. The van der Waals surface area contributed by atoms with Crippen LogP contribution in [-0.2, 0) is 0 Å². The van der Waals surface area contributed by atoms with E-state index in [-0.39, 0.29) is 6.61 Å². The van der Waals surface area contributed by atoms with Gasteiger partial charge in [0.2, 0.25) is 0 Å². The Morgan fingerprint density at radius 1 is 1.21 bits per heavy atom. The van der Waals surface area contributed by atoms with Crippen LogP contribution in [0.1, 0.15) is 55.0 Å². The lowest BCUT2D eigenvalue weighted by molar-refractivity contribution is 0.187. The summed E-state index contributed by atoms with van der Waals surface area (Å²) >= 11 is 0. The van der Waals surface area contributed by atoms with Gasteiger partial charge in [-0.1, -0.05) is 13.2 Å². The van der Waals surface area contributed by atoms with Crippen molar-refractivity contribution in [1.29, 1.82) is 5.26 Å². The molecule has 7 heteroatoms. The second-order valence-electron chi connectivity index (χ2n) is 9.29. The molecule has 0 aromatic carbocycles. The standard InChI is InChI=1S/C26H30N6O/c1-3-21-13-23(29-16-28-21)22-12-20(14-27)26(30-25(22)19-6-7-19)31-9-10-32(17(2)8-11-33)24(15-31)18-4-5-18/h3,12-13,16,18-19,24,33H,1-2,4-11,15H2. The molecular formula is C26H30N6O. The van der Waals surface area contributed by atoms with Gasteiger partial charge in [-0.3, -0.25) is 0 Å². The van der Waals surface area contributed by atoms with E-state index in [1.165, 1.54) is 12.8 Å². The van der Waals surface area contributed by atoms with Crippen LogP contribution in [0.15, 0.2) is 37.3 Å². The summed E-state index contributed by atoms with van der Waals surface area (Å²) in [5.74, 6) is 1.85. The van der Waals surface area contributed by atoms with Crippen molar-refractivity contribution in [3.8, 4) is 17.3 Å². The number of piperazine rings is 1. The molecule has 0 amide bonds. The van der Waals surface area contributed by atoms with Crippen LogP contribution in [0.3, 0.4) is 0 Å². The summed E-state index contributed by atoms with van der Waals surface area (Å²) in [6, 6.07) is 6.63. The molecule has 0 bridgehead atoms. The van der Waals surface area contributed by atoms with Crippen molar-refractivity contribution in [2.24, 2.45) is 5.92 Å². The van der Waals surface area contributed by atoms with Gasteiger partial charge >= 0.3 is 0 Å². The van der Waals surface area contributed by atoms with Crippen LogP contribution >= 0.6 is 0 Å². The zero-order valence-electron chi connectivity index (χ0n) is 19.0. The maximum Gasteiger partial charge on any atom is 0.147 e. The molecule has 2 saturated carbocycles. The maximum atomic E-state index is 10.0. The van der Waals surface area contributed by atoms with Gasteiger partial charge in [0.05, 0.1) is 22.6 Å². The van der Waals surface area contributed by atoms with Gasteiger partial charge in [0.25, 0.3) is 0 Å². The lowest BCUT2D eigenvalue weighted by Gasteiger charge is -2.44. The largest absolute Gasteiger partial charge is 0.396 e. The van der Waals surface area contributed by atoms with Gasteiger partial charge < -0.3 is 14.9 Å². The van der Waals surface area contributed by atoms with E-state index < -0.39 is 0 Å². The van der Waals surface area contributed by atoms with E-state index >= 15 is 0 Å². The number of nitrogens with zero attached hydrogens (tertiary/aromatic N) is 6. The summed E-state index contributed by atoms with van der Waals surface area (Å²) in [6.45, 7) is 10.6. The van der Waals surface area contributed by atoms with E-state index in [0.29, 0.717) is 29.9 Å². The van der Waals surface area contributed by atoms with Crippen molar-refractivity contribution in [2.75, 3.05) is 31.1 Å². The molecule has 3 heterocycles. The van der Waals surface area contributed by atoms with Crippen LogP contribution in [0.2, 0.25) is 0 Å². The van der Waals surface area contributed by atoms with Crippen LogP contribution in [0.25, 0.3) is 17.3 Å². The van der Waals surface area contributed by atoms with Crippen LogP contribution < -0.4 is 4.90 Å². The molecule has 1 saturated heterocycles. The first kappa shape index (κ1) is 21.6. The number of hydrogen-bond acceptors (Lipinski definition) is 7. The molecule has 3 aliphatic rings. The summed E-state index contributed by atoms with van der Waals surface area (Å²) in [7, 11) is 0. The topological polar surface area (TPSA) is 89.2 Å². The Labute approximate surface area is 195 Å². The molecule has 170 valence electrons. The SMILES string of the molecule is C=Cc1cc(-c2cc(C#N)c(N3CCN(C(=C)CCO)C(C4CC4)C3)nc2C2CC2)ncn1. The minimum Gasteiger partial charge on any atom is -0.396 e. The molecule has 1 atom stereocenters. The van der Waals surface area contributed by atoms with Crippen LogP contribution in [0.4, 0.5) is 5.82 Å². The summed E-state index contributed by atoms with van der Waals surface area (Å²) in [6.07, 6.45) is 8.54. The first-order valence-corrected chi connectivity index (χ1v) is 11.8.